The van der Waals surface area contributed by atoms with Gasteiger partial charge in [-0.2, -0.15) is 0 Å². The van der Waals surface area contributed by atoms with Gasteiger partial charge in [-0.3, -0.25) is 0 Å². The van der Waals surface area contributed by atoms with Crippen LogP contribution in [0.3, 0.4) is 0 Å². The topological polar surface area (TPSA) is 36.4 Å². The summed E-state index contributed by atoms with van der Waals surface area (Å²) >= 11 is 6.13. The summed E-state index contributed by atoms with van der Waals surface area (Å²) in [5.74, 6) is 0.858. The van der Waals surface area contributed by atoms with E-state index in [1.807, 2.05) is 24.3 Å². The number of aliphatic imine (C=N–C) groups is 1. The Labute approximate surface area is 142 Å². The van der Waals surface area contributed by atoms with Gasteiger partial charge >= 0.3 is 0 Å². The fourth-order valence-corrected chi connectivity index (χ4v) is 2.23. The van der Waals surface area contributed by atoms with E-state index < -0.39 is 0 Å². The van der Waals surface area contributed by atoms with Gasteiger partial charge in [-0.1, -0.05) is 42.0 Å². The molecule has 0 heterocycles. The summed E-state index contributed by atoms with van der Waals surface area (Å²) < 4.78 is 0. The molecule has 110 valence electrons. The summed E-state index contributed by atoms with van der Waals surface area (Å²) in [6.45, 7) is 3.52. The zero-order chi connectivity index (χ0) is 13.5. The minimum atomic E-state index is 0. The second-order valence-corrected chi connectivity index (χ2v) is 4.98. The maximum Gasteiger partial charge on any atom is 0.191 e. The Morgan fingerprint density at radius 2 is 2.00 bits per heavy atom. The van der Waals surface area contributed by atoms with Crippen molar-refractivity contribution in [3.8, 4) is 0 Å². The van der Waals surface area contributed by atoms with Crippen LogP contribution in [0, 0.1) is 0 Å². The normalized spacial score (nSPS) is 15.0. The van der Waals surface area contributed by atoms with E-state index in [1.165, 1.54) is 0 Å². The third-order valence-electron chi connectivity index (χ3n) is 3.06. The van der Waals surface area contributed by atoms with Crippen LogP contribution in [-0.4, -0.2) is 18.5 Å². The predicted octanol–water partition coefficient (Wildman–Crippen LogP) is 3.73. The number of hydrogen-bond acceptors (Lipinski definition) is 1. The van der Waals surface area contributed by atoms with Crippen molar-refractivity contribution in [3.63, 3.8) is 0 Å². The average Bonchev–Trinajstić information content (AvgIpc) is 2.91. The quantitative estimate of drug-likeness (QED) is 0.347. The minimum Gasteiger partial charge on any atom is -0.357 e. The zero-order valence-corrected chi connectivity index (χ0v) is 14.7. The first-order valence-electron chi connectivity index (χ1n) is 6.73. The molecule has 0 radical (unpaired) electrons. The molecule has 0 saturated heterocycles. The van der Waals surface area contributed by atoms with Gasteiger partial charge in [-0.05, 0) is 31.4 Å². The van der Waals surface area contributed by atoms with E-state index in [-0.39, 0.29) is 24.0 Å². The number of hydrogen-bond donors (Lipinski definition) is 2. The second-order valence-electron chi connectivity index (χ2n) is 4.57. The lowest BCUT2D eigenvalue weighted by Crippen LogP contribution is -2.42. The lowest BCUT2D eigenvalue weighted by Gasteiger charge is -2.16. The van der Waals surface area contributed by atoms with Crippen molar-refractivity contribution in [3.05, 3.63) is 47.0 Å². The molecule has 0 amide bonds. The third-order valence-corrected chi connectivity index (χ3v) is 3.43. The summed E-state index contributed by atoms with van der Waals surface area (Å²) in [4.78, 5) is 4.59. The molecular weight excluding hydrogens is 385 g/mol. The van der Waals surface area contributed by atoms with Crippen LogP contribution in [0.4, 0.5) is 0 Å². The Morgan fingerprint density at radius 3 is 2.65 bits per heavy atom. The number of halogens is 2. The van der Waals surface area contributed by atoms with Crippen molar-refractivity contribution in [1.29, 1.82) is 0 Å². The molecule has 0 bridgehead atoms. The lowest BCUT2D eigenvalue weighted by atomic mass is 10.2. The number of nitrogens with one attached hydrogen (secondary N) is 2. The highest BCUT2D eigenvalue weighted by Gasteiger charge is 2.11. The van der Waals surface area contributed by atoms with Crippen LogP contribution in [0.15, 0.2) is 41.4 Å². The van der Waals surface area contributed by atoms with Crippen molar-refractivity contribution in [2.75, 3.05) is 6.54 Å². The molecule has 2 rings (SSSR count). The summed E-state index contributed by atoms with van der Waals surface area (Å²) in [6, 6.07) is 8.28. The molecule has 3 nitrogen and oxygen atoms in total. The highest BCUT2D eigenvalue weighted by Crippen LogP contribution is 2.15. The summed E-state index contributed by atoms with van der Waals surface area (Å²) in [5.41, 5.74) is 1.05. The fourth-order valence-electron chi connectivity index (χ4n) is 2.04. The number of nitrogens with zero attached hydrogens (tertiary/aromatic N) is 1. The van der Waals surface area contributed by atoms with E-state index in [0.717, 1.165) is 35.9 Å². The van der Waals surface area contributed by atoms with Gasteiger partial charge in [0.05, 0.1) is 6.54 Å². The van der Waals surface area contributed by atoms with Gasteiger partial charge in [-0.25, -0.2) is 4.99 Å². The molecule has 1 aromatic carbocycles. The summed E-state index contributed by atoms with van der Waals surface area (Å²) in [6.07, 6.45) is 6.54. The first-order valence-corrected chi connectivity index (χ1v) is 7.10. The Bertz CT molecular complexity index is 466. The van der Waals surface area contributed by atoms with Crippen LogP contribution in [0.1, 0.15) is 25.3 Å². The van der Waals surface area contributed by atoms with Gasteiger partial charge in [0.25, 0.3) is 0 Å². The Morgan fingerprint density at radius 1 is 1.30 bits per heavy atom. The van der Waals surface area contributed by atoms with E-state index in [0.29, 0.717) is 12.6 Å². The lowest BCUT2D eigenvalue weighted by molar-refractivity contribution is 0.633. The van der Waals surface area contributed by atoms with Crippen LogP contribution in [-0.2, 0) is 6.54 Å². The van der Waals surface area contributed by atoms with Crippen LogP contribution >= 0.6 is 35.6 Å². The Kier molecular flexibility index (Phi) is 7.99. The van der Waals surface area contributed by atoms with Gasteiger partial charge in [0.15, 0.2) is 5.96 Å². The third kappa shape index (κ3) is 5.32. The number of benzene rings is 1. The van der Waals surface area contributed by atoms with Gasteiger partial charge in [0.2, 0.25) is 0 Å². The van der Waals surface area contributed by atoms with Crippen LogP contribution in [0.25, 0.3) is 0 Å². The minimum absolute atomic E-state index is 0. The Hall–Kier alpha value is -0.750. The first-order chi connectivity index (χ1) is 9.29. The zero-order valence-electron chi connectivity index (χ0n) is 11.6. The highest BCUT2D eigenvalue weighted by atomic mass is 127. The molecule has 0 aromatic heterocycles. The highest BCUT2D eigenvalue weighted by molar-refractivity contribution is 14.0. The molecule has 0 fully saturated rings. The predicted molar refractivity (Wildman–Crippen MR) is 97.0 cm³/mol. The van der Waals surface area contributed by atoms with Crippen LogP contribution in [0.2, 0.25) is 5.02 Å². The summed E-state index contributed by atoms with van der Waals surface area (Å²) in [7, 11) is 0. The maximum atomic E-state index is 6.13. The molecule has 1 aliphatic rings. The van der Waals surface area contributed by atoms with E-state index in [2.05, 4.69) is 34.7 Å². The standard InChI is InChI=1S/C15H20ClN3.HI/c1-2-17-15(19-13-8-4-5-9-13)18-11-12-7-3-6-10-14(12)16;/h3-7,10,13H,2,8-9,11H2,1H3,(H2,17,18,19);1H. The van der Waals surface area contributed by atoms with Gasteiger partial charge in [0.1, 0.15) is 0 Å². The first kappa shape index (κ1) is 17.3. The number of guanidine groups is 1. The van der Waals surface area contributed by atoms with E-state index in [1.54, 1.807) is 0 Å². The van der Waals surface area contributed by atoms with E-state index in [9.17, 15) is 0 Å². The van der Waals surface area contributed by atoms with E-state index >= 15 is 0 Å². The summed E-state index contributed by atoms with van der Waals surface area (Å²) in [5, 5.41) is 7.48. The fraction of sp³-hybridized carbons (Fsp3) is 0.400. The number of rotatable bonds is 4. The van der Waals surface area contributed by atoms with Crippen molar-refractivity contribution in [2.45, 2.75) is 32.4 Å². The molecule has 20 heavy (non-hydrogen) atoms. The molecule has 0 aliphatic heterocycles. The molecule has 1 aromatic rings. The van der Waals surface area contributed by atoms with Crippen molar-refractivity contribution in [1.82, 2.24) is 10.6 Å². The molecule has 0 unspecified atom stereocenters. The van der Waals surface area contributed by atoms with Gasteiger partial charge in [-0.15, -0.1) is 24.0 Å². The SMILES string of the molecule is CCNC(=NCc1ccccc1Cl)NC1CC=CC1.I. The molecular formula is C15H21ClIN3. The Balaban J connectivity index is 0.00000200. The van der Waals surface area contributed by atoms with Gasteiger partial charge < -0.3 is 10.6 Å². The molecule has 5 heteroatoms. The largest absolute Gasteiger partial charge is 0.357 e. The van der Waals surface area contributed by atoms with Crippen LogP contribution in [0.5, 0.6) is 0 Å². The van der Waals surface area contributed by atoms with E-state index in [4.69, 9.17) is 11.6 Å². The molecule has 0 atom stereocenters. The van der Waals surface area contributed by atoms with Crippen molar-refractivity contribution < 1.29 is 0 Å². The van der Waals surface area contributed by atoms with Crippen LogP contribution < -0.4 is 10.6 Å². The van der Waals surface area contributed by atoms with Gasteiger partial charge in [0, 0.05) is 17.6 Å². The molecule has 1 aliphatic carbocycles. The maximum absolute atomic E-state index is 6.13. The molecule has 0 saturated carbocycles. The average molecular weight is 406 g/mol. The second kappa shape index (κ2) is 9.23. The van der Waals surface area contributed by atoms with Crippen molar-refractivity contribution in [2.24, 2.45) is 4.99 Å². The molecule has 2 N–H and O–H groups in total. The molecule has 0 spiro atoms. The smallest absolute Gasteiger partial charge is 0.191 e. The monoisotopic (exact) mass is 405 g/mol. The van der Waals surface area contributed by atoms with Crippen molar-refractivity contribution >= 4 is 41.5 Å².